The Labute approximate surface area is 124 Å². The molecule has 0 bridgehead atoms. The first-order valence-electron chi connectivity index (χ1n) is 7.49. The van der Waals surface area contributed by atoms with Gasteiger partial charge in [0.05, 0.1) is 5.70 Å². The van der Waals surface area contributed by atoms with Crippen LogP contribution < -0.4 is 4.90 Å². The molecule has 0 saturated carbocycles. The Morgan fingerprint density at radius 2 is 1.86 bits per heavy atom. The second-order valence-corrected chi connectivity index (χ2v) is 5.80. The first-order valence-corrected chi connectivity index (χ1v) is 7.49. The van der Waals surface area contributed by atoms with Gasteiger partial charge in [0.25, 0.3) is 5.91 Å². The fourth-order valence-electron chi connectivity index (χ4n) is 3.31. The molecule has 2 aromatic rings. The van der Waals surface area contributed by atoms with E-state index in [9.17, 15) is 4.79 Å². The standard InChI is InChI=1S/C19H17NO/c1-13-9-11-15(12-10-13)20-17-8-3-2-5-14-6-4-7-16(18(14)17)19(20)21/h4,6-12H,2-3,5H2,1H3. The molecule has 4 rings (SSSR count). The molecule has 0 fully saturated rings. The van der Waals surface area contributed by atoms with Crippen molar-refractivity contribution in [3.8, 4) is 0 Å². The molecule has 2 nitrogen and oxygen atoms in total. The Bertz CT molecular complexity index is 756. The summed E-state index contributed by atoms with van der Waals surface area (Å²) in [5.41, 5.74) is 6.55. The molecule has 0 spiro atoms. The number of rotatable bonds is 1. The molecular weight excluding hydrogens is 258 g/mol. The number of allylic oxidation sites excluding steroid dienone is 1. The average Bonchev–Trinajstić information content (AvgIpc) is 2.66. The highest BCUT2D eigenvalue weighted by Crippen LogP contribution is 2.40. The van der Waals surface area contributed by atoms with Crippen molar-refractivity contribution in [2.75, 3.05) is 4.90 Å². The quantitative estimate of drug-likeness (QED) is 0.758. The van der Waals surface area contributed by atoms with Crippen LogP contribution in [-0.2, 0) is 6.42 Å². The molecule has 0 N–H and O–H groups in total. The molecule has 21 heavy (non-hydrogen) atoms. The predicted molar refractivity (Wildman–Crippen MR) is 85.3 cm³/mol. The zero-order chi connectivity index (χ0) is 14.4. The van der Waals surface area contributed by atoms with E-state index in [4.69, 9.17) is 0 Å². The lowest BCUT2D eigenvalue weighted by Crippen LogP contribution is -2.22. The second kappa shape index (κ2) is 4.59. The van der Waals surface area contributed by atoms with Crippen molar-refractivity contribution in [3.63, 3.8) is 0 Å². The van der Waals surface area contributed by atoms with Crippen LogP contribution in [0.15, 0.2) is 48.5 Å². The summed E-state index contributed by atoms with van der Waals surface area (Å²) in [4.78, 5) is 14.7. The molecule has 0 saturated heterocycles. The van der Waals surface area contributed by atoms with Crippen molar-refractivity contribution in [1.29, 1.82) is 0 Å². The van der Waals surface area contributed by atoms with Gasteiger partial charge in [0.1, 0.15) is 0 Å². The van der Waals surface area contributed by atoms with Crippen LogP contribution in [0, 0.1) is 6.92 Å². The van der Waals surface area contributed by atoms with Crippen LogP contribution in [0.3, 0.4) is 0 Å². The van der Waals surface area contributed by atoms with Gasteiger partial charge in [-0.05, 0) is 49.9 Å². The first-order chi connectivity index (χ1) is 10.3. The molecule has 104 valence electrons. The van der Waals surface area contributed by atoms with Crippen molar-refractivity contribution in [3.05, 3.63) is 70.8 Å². The Morgan fingerprint density at radius 1 is 1.05 bits per heavy atom. The predicted octanol–water partition coefficient (Wildman–Crippen LogP) is 4.33. The molecule has 0 aromatic heterocycles. The number of aryl methyl sites for hydroxylation is 2. The minimum atomic E-state index is 0.101. The van der Waals surface area contributed by atoms with Gasteiger partial charge in [0, 0.05) is 16.8 Å². The smallest absolute Gasteiger partial charge is 0.263 e. The molecule has 2 aromatic carbocycles. The van der Waals surface area contributed by atoms with E-state index in [1.54, 1.807) is 0 Å². The number of carbonyl (C=O) groups excluding carboxylic acids is 1. The van der Waals surface area contributed by atoms with Gasteiger partial charge in [-0.3, -0.25) is 9.69 Å². The van der Waals surface area contributed by atoms with E-state index in [0.717, 1.165) is 41.8 Å². The normalized spacial score (nSPS) is 16.5. The maximum Gasteiger partial charge on any atom is 0.263 e. The maximum atomic E-state index is 12.8. The molecule has 0 unspecified atom stereocenters. The third-order valence-corrected chi connectivity index (χ3v) is 4.36. The third-order valence-electron chi connectivity index (χ3n) is 4.36. The Kier molecular flexibility index (Phi) is 2.71. The third kappa shape index (κ3) is 1.83. The highest BCUT2D eigenvalue weighted by Gasteiger charge is 2.35. The molecule has 2 aliphatic rings. The molecule has 1 amide bonds. The lowest BCUT2D eigenvalue weighted by atomic mass is 10.00. The Morgan fingerprint density at radius 3 is 2.67 bits per heavy atom. The largest absolute Gasteiger partial charge is 0.277 e. The van der Waals surface area contributed by atoms with Crippen LogP contribution in [0.2, 0.25) is 0 Å². The summed E-state index contributed by atoms with van der Waals surface area (Å²) >= 11 is 0. The van der Waals surface area contributed by atoms with E-state index in [1.165, 1.54) is 11.1 Å². The summed E-state index contributed by atoms with van der Waals surface area (Å²) in [5.74, 6) is 0.101. The maximum absolute atomic E-state index is 12.8. The second-order valence-electron chi connectivity index (χ2n) is 5.80. The highest BCUT2D eigenvalue weighted by molar-refractivity contribution is 6.22. The summed E-state index contributed by atoms with van der Waals surface area (Å²) in [7, 11) is 0. The average molecular weight is 275 g/mol. The summed E-state index contributed by atoms with van der Waals surface area (Å²) in [6, 6.07) is 14.3. The molecular formula is C19H17NO. The Balaban J connectivity index is 1.91. The number of nitrogens with zero attached hydrogens (tertiary/aromatic N) is 1. The minimum Gasteiger partial charge on any atom is -0.277 e. The van der Waals surface area contributed by atoms with E-state index in [0.29, 0.717) is 0 Å². The van der Waals surface area contributed by atoms with E-state index in [2.05, 4.69) is 31.2 Å². The molecule has 2 heteroatoms. The molecule has 1 heterocycles. The van der Waals surface area contributed by atoms with Crippen molar-refractivity contribution in [2.45, 2.75) is 26.2 Å². The molecule has 1 aliphatic heterocycles. The van der Waals surface area contributed by atoms with Crippen molar-refractivity contribution >= 4 is 17.3 Å². The van der Waals surface area contributed by atoms with Gasteiger partial charge >= 0.3 is 0 Å². The van der Waals surface area contributed by atoms with Crippen LogP contribution in [0.25, 0.3) is 5.70 Å². The monoisotopic (exact) mass is 275 g/mol. The van der Waals surface area contributed by atoms with E-state index in [1.807, 2.05) is 29.2 Å². The van der Waals surface area contributed by atoms with Crippen LogP contribution in [0.5, 0.6) is 0 Å². The zero-order valence-corrected chi connectivity index (χ0v) is 12.1. The fraction of sp³-hybridized carbons (Fsp3) is 0.211. The number of hydrogen-bond acceptors (Lipinski definition) is 1. The summed E-state index contributed by atoms with van der Waals surface area (Å²) < 4.78 is 0. The van der Waals surface area contributed by atoms with E-state index < -0.39 is 0 Å². The van der Waals surface area contributed by atoms with E-state index in [-0.39, 0.29) is 5.91 Å². The molecule has 0 atom stereocenters. The van der Waals surface area contributed by atoms with E-state index >= 15 is 0 Å². The van der Waals surface area contributed by atoms with Crippen molar-refractivity contribution in [2.24, 2.45) is 0 Å². The summed E-state index contributed by atoms with van der Waals surface area (Å²) in [6.45, 7) is 2.06. The van der Waals surface area contributed by atoms with Crippen molar-refractivity contribution < 1.29 is 4.79 Å². The minimum absolute atomic E-state index is 0.101. The number of amides is 1. The SMILES string of the molecule is Cc1ccc(N2C(=O)c3cccc4c3C2=CCCC4)cc1. The van der Waals surface area contributed by atoms with Gasteiger partial charge in [-0.15, -0.1) is 0 Å². The van der Waals surface area contributed by atoms with Crippen molar-refractivity contribution in [1.82, 2.24) is 0 Å². The van der Waals surface area contributed by atoms with Gasteiger partial charge in [0.15, 0.2) is 0 Å². The number of carbonyl (C=O) groups is 1. The van der Waals surface area contributed by atoms with Gasteiger partial charge < -0.3 is 0 Å². The summed E-state index contributed by atoms with van der Waals surface area (Å²) in [6.07, 6.45) is 5.45. The van der Waals surface area contributed by atoms with Gasteiger partial charge in [-0.25, -0.2) is 0 Å². The molecule has 0 radical (unpaired) electrons. The van der Waals surface area contributed by atoms with Crippen LogP contribution in [-0.4, -0.2) is 5.91 Å². The summed E-state index contributed by atoms with van der Waals surface area (Å²) in [5, 5.41) is 0. The lowest BCUT2D eigenvalue weighted by molar-refractivity contribution is 0.101. The van der Waals surface area contributed by atoms with Crippen LogP contribution >= 0.6 is 0 Å². The Hall–Kier alpha value is -2.35. The zero-order valence-electron chi connectivity index (χ0n) is 12.1. The lowest BCUT2D eigenvalue weighted by Gasteiger charge is -2.19. The van der Waals surface area contributed by atoms with Gasteiger partial charge in [-0.2, -0.15) is 0 Å². The first kappa shape index (κ1) is 12.4. The van der Waals surface area contributed by atoms with Gasteiger partial charge in [-0.1, -0.05) is 35.9 Å². The highest BCUT2D eigenvalue weighted by atomic mass is 16.2. The van der Waals surface area contributed by atoms with Crippen LogP contribution in [0.1, 0.15) is 39.9 Å². The number of benzene rings is 2. The number of hydrogen-bond donors (Lipinski definition) is 0. The molecule has 1 aliphatic carbocycles. The topological polar surface area (TPSA) is 20.3 Å². The van der Waals surface area contributed by atoms with Gasteiger partial charge in [0.2, 0.25) is 0 Å². The number of anilines is 1. The fourth-order valence-corrected chi connectivity index (χ4v) is 3.31. The van der Waals surface area contributed by atoms with Crippen LogP contribution in [0.4, 0.5) is 5.69 Å².